The fraction of sp³-hybridized carbons (Fsp3) is 0.667. The predicted octanol–water partition coefficient (Wildman–Crippen LogP) is 0.775. The van der Waals surface area contributed by atoms with Gasteiger partial charge in [0.1, 0.15) is 0 Å². The van der Waals surface area contributed by atoms with Crippen molar-refractivity contribution in [1.82, 2.24) is 0 Å². The molecule has 0 amide bonds. The molecule has 0 saturated carbocycles. The van der Waals surface area contributed by atoms with Gasteiger partial charge in [-0.1, -0.05) is 0 Å². The number of aliphatic imine (C=N–C) groups is 2. The lowest BCUT2D eigenvalue weighted by Crippen LogP contribution is -1.98. The van der Waals surface area contributed by atoms with Gasteiger partial charge in [0.2, 0.25) is 0 Å². The van der Waals surface area contributed by atoms with E-state index in [4.69, 9.17) is 9.79 Å². The van der Waals surface area contributed by atoms with Crippen molar-refractivity contribution in [3.63, 3.8) is 0 Å². The number of nitrogens with zero attached hydrogens (tertiary/aromatic N) is 2. The monoisotopic (exact) mass is 256 g/mol. The molecule has 0 heterocycles. The summed E-state index contributed by atoms with van der Waals surface area (Å²) < 4.78 is 26.7. The molecule has 2 N–H and O–H groups in total. The van der Waals surface area contributed by atoms with Crippen LogP contribution in [0.15, 0.2) is 9.98 Å². The van der Waals surface area contributed by atoms with Gasteiger partial charge in [-0.3, -0.25) is 9.13 Å². The van der Waals surface area contributed by atoms with Gasteiger partial charge >= 0.3 is 15.2 Å². The summed E-state index contributed by atoms with van der Waals surface area (Å²) in [5.74, 6) is 0. The molecule has 0 rings (SSSR count). The average Bonchev–Trinajstić information content (AvgIpc) is 2.10. The maximum Gasteiger partial charge on any atom is 0.340 e. The van der Waals surface area contributed by atoms with E-state index in [0.717, 1.165) is 12.4 Å². The van der Waals surface area contributed by atoms with Crippen LogP contribution < -0.4 is 0 Å². The highest BCUT2D eigenvalue weighted by molar-refractivity contribution is 7.67. The molecule has 15 heavy (non-hydrogen) atoms. The van der Waals surface area contributed by atoms with Crippen LogP contribution in [0.5, 0.6) is 0 Å². The van der Waals surface area contributed by atoms with Crippen LogP contribution in [0, 0.1) is 0 Å². The lowest BCUT2D eigenvalue weighted by molar-refractivity contribution is 0.338. The second kappa shape index (κ2) is 6.30. The van der Waals surface area contributed by atoms with E-state index in [2.05, 4.69) is 14.3 Å². The lowest BCUT2D eigenvalue weighted by Gasteiger charge is -2.13. The van der Waals surface area contributed by atoms with Gasteiger partial charge in [0, 0.05) is 26.5 Å². The van der Waals surface area contributed by atoms with Crippen LogP contribution in [0.3, 0.4) is 0 Å². The molecule has 0 aromatic carbocycles. The molecular formula is C6H14N2O5P2. The van der Waals surface area contributed by atoms with Gasteiger partial charge in [-0.2, -0.15) is 0 Å². The van der Waals surface area contributed by atoms with Crippen LogP contribution in [-0.2, 0) is 13.4 Å². The lowest BCUT2D eigenvalue weighted by atomic mass is 10.9. The molecule has 0 aliphatic carbocycles. The minimum absolute atomic E-state index is 0.392. The van der Waals surface area contributed by atoms with Crippen LogP contribution in [0.1, 0.15) is 0 Å². The Morgan fingerprint density at radius 3 is 1.67 bits per heavy atom. The SMILES string of the molecule is C/N=C/CP(=O)(O)OP(=O)(O)C/C=N/C. The molecule has 0 spiro atoms. The van der Waals surface area contributed by atoms with Gasteiger partial charge < -0.3 is 19.8 Å². The summed E-state index contributed by atoms with van der Waals surface area (Å²) in [6, 6.07) is 0. The van der Waals surface area contributed by atoms with E-state index in [9.17, 15) is 9.13 Å². The summed E-state index contributed by atoms with van der Waals surface area (Å²) in [6.45, 7) is 0. The summed E-state index contributed by atoms with van der Waals surface area (Å²) in [4.78, 5) is 25.2. The van der Waals surface area contributed by atoms with E-state index in [0.29, 0.717) is 0 Å². The van der Waals surface area contributed by atoms with Crippen LogP contribution in [0.4, 0.5) is 0 Å². The molecule has 0 aliphatic rings. The van der Waals surface area contributed by atoms with Gasteiger partial charge in [0.15, 0.2) is 0 Å². The van der Waals surface area contributed by atoms with Crippen molar-refractivity contribution in [3.05, 3.63) is 0 Å². The largest absolute Gasteiger partial charge is 0.340 e. The maximum atomic E-state index is 11.2. The Labute approximate surface area is 88.0 Å². The van der Waals surface area contributed by atoms with Gasteiger partial charge in [0.05, 0.1) is 12.3 Å². The molecule has 7 nitrogen and oxygen atoms in total. The van der Waals surface area contributed by atoms with E-state index in [1.165, 1.54) is 14.1 Å². The van der Waals surface area contributed by atoms with Crippen LogP contribution in [0.2, 0.25) is 0 Å². The maximum absolute atomic E-state index is 11.2. The van der Waals surface area contributed by atoms with E-state index in [1.807, 2.05) is 0 Å². The fourth-order valence-electron chi connectivity index (χ4n) is 0.636. The zero-order valence-corrected chi connectivity index (χ0v) is 10.3. The van der Waals surface area contributed by atoms with Crippen molar-refractivity contribution in [2.24, 2.45) is 9.98 Å². The van der Waals surface area contributed by atoms with Gasteiger partial charge in [-0.15, -0.1) is 0 Å². The zero-order chi connectivity index (χ0) is 11.9. The van der Waals surface area contributed by atoms with Gasteiger partial charge in [-0.05, 0) is 0 Å². The van der Waals surface area contributed by atoms with Crippen LogP contribution in [0.25, 0.3) is 0 Å². The Morgan fingerprint density at radius 1 is 1.07 bits per heavy atom. The number of hydrogen-bond acceptors (Lipinski definition) is 5. The van der Waals surface area contributed by atoms with Crippen molar-refractivity contribution < 1.29 is 23.2 Å². The Morgan fingerprint density at radius 2 is 1.40 bits per heavy atom. The van der Waals surface area contributed by atoms with Crippen LogP contribution in [-0.4, -0.2) is 48.6 Å². The third kappa shape index (κ3) is 7.59. The Hall–Kier alpha value is -0.320. The van der Waals surface area contributed by atoms with Crippen molar-refractivity contribution in [2.75, 3.05) is 26.4 Å². The Bertz CT molecular complexity index is 308. The first kappa shape index (κ1) is 14.7. The molecule has 0 aromatic rings. The standard InChI is InChI=1S/C6H14N2O5P2/c1-7-3-5-14(9,10)13-15(11,12)6-4-8-2/h3-4H,5-6H2,1-2H3,(H,9,10)(H,11,12)/b7-3+,8-4+. The quantitative estimate of drug-likeness (QED) is 0.539. The highest BCUT2D eigenvalue weighted by atomic mass is 31.3. The molecule has 0 fully saturated rings. The molecule has 0 aliphatic heterocycles. The average molecular weight is 256 g/mol. The van der Waals surface area contributed by atoms with Crippen molar-refractivity contribution in [2.45, 2.75) is 0 Å². The second-order valence-electron chi connectivity index (χ2n) is 2.60. The van der Waals surface area contributed by atoms with E-state index >= 15 is 0 Å². The minimum atomic E-state index is -4.09. The normalized spacial score (nSPS) is 20.5. The van der Waals surface area contributed by atoms with Gasteiger partial charge in [0.25, 0.3) is 0 Å². The molecule has 0 radical (unpaired) electrons. The second-order valence-corrected chi connectivity index (χ2v) is 6.54. The van der Waals surface area contributed by atoms with E-state index < -0.39 is 27.5 Å². The van der Waals surface area contributed by atoms with Crippen molar-refractivity contribution in [3.8, 4) is 0 Å². The van der Waals surface area contributed by atoms with Crippen LogP contribution >= 0.6 is 15.2 Å². The third-order valence-corrected chi connectivity index (χ3v) is 4.54. The zero-order valence-electron chi connectivity index (χ0n) is 8.48. The Kier molecular flexibility index (Phi) is 6.17. The topological polar surface area (TPSA) is 109 Å². The molecule has 0 bridgehead atoms. The summed E-state index contributed by atoms with van der Waals surface area (Å²) in [5.41, 5.74) is 0. The Balaban J connectivity index is 4.43. The first-order valence-corrected chi connectivity index (χ1v) is 7.52. The predicted molar refractivity (Wildman–Crippen MR) is 59.3 cm³/mol. The highest BCUT2D eigenvalue weighted by Crippen LogP contribution is 2.58. The molecule has 2 atom stereocenters. The smallest absolute Gasteiger partial charge is 0.324 e. The molecule has 0 aromatic heterocycles. The van der Waals surface area contributed by atoms with E-state index in [-0.39, 0.29) is 0 Å². The molecule has 9 heteroatoms. The minimum Gasteiger partial charge on any atom is -0.324 e. The first-order chi connectivity index (χ1) is 6.83. The molecule has 0 saturated heterocycles. The van der Waals surface area contributed by atoms with E-state index in [1.54, 1.807) is 0 Å². The van der Waals surface area contributed by atoms with Gasteiger partial charge in [-0.25, -0.2) is 4.31 Å². The third-order valence-electron chi connectivity index (χ3n) is 1.25. The summed E-state index contributed by atoms with van der Waals surface area (Å²) in [5, 5.41) is 0. The van der Waals surface area contributed by atoms with Crippen molar-refractivity contribution in [1.29, 1.82) is 0 Å². The summed E-state index contributed by atoms with van der Waals surface area (Å²) in [6.07, 6.45) is 1.51. The summed E-state index contributed by atoms with van der Waals surface area (Å²) in [7, 11) is -5.35. The number of rotatable bonds is 6. The molecule has 88 valence electrons. The molecular weight excluding hydrogens is 242 g/mol. The summed E-state index contributed by atoms with van der Waals surface area (Å²) >= 11 is 0. The number of hydrogen-bond donors (Lipinski definition) is 2. The van der Waals surface area contributed by atoms with Crippen molar-refractivity contribution >= 4 is 27.6 Å². The highest BCUT2D eigenvalue weighted by Gasteiger charge is 2.30. The fourth-order valence-corrected chi connectivity index (χ4v) is 3.50. The first-order valence-electron chi connectivity index (χ1n) is 3.99. The molecule has 2 unspecified atom stereocenters.